The zero-order chi connectivity index (χ0) is 12.5. The van der Waals surface area contributed by atoms with Gasteiger partial charge >= 0.3 is 0 Å². The van der Waals surface area contributed by atoms with E-state index in [0.29, 0.717) is 11.3 Å². The SMILES string of the molecule is O=c1nc(-c2ccc(Br)cc2)cc2[nH]cccc1-2. The number of pyridine rings is 2. The van der Waals surface area contributed by atoms with Crippen LogP contribution >= 0.6 is 15.9 Å². The number of aromatic nitrogens is 2. The van der Waals surface area contributed by atoms with Gasteiger partial charge in [0.1, 0.15) is 0 Å². The highest BCUT2D eigenvalue weighted by Gasteiger charge is 2.10. The van der Waals surface area contributed by atoms with Gasteiger partial charge in [-0.15, -0.1) is 0 Å². The quantitative estimate of drug-likeness (QED) is 0.749. The minimum Gasteiger partial charge on any atom is -0.361 e. The van der Waals surface area contributed by atoms with Crippen molar-refractivity contribution in [1.82, 2.24) is 9.97 Å². The lowest BCUT2D eigenvalue weighted by Crippen LogP contribution is -2.11. The molecule has 88 valence electrons. The highest BCUT2D eigenvalue weighted by molar-refractivity contribution is 9.10. The summed E-state index contributed by atoms with van der Waals surface area (Å²) in [5.41, 5.74) is 2.81. The van der Waals surface area contributed by atoms with Crippen molar-refractivity contribution in [2.75, 3.05) is 0 Å². The normalized spacial score (nSPS) is 10.7. The molecule has 3 rings (SSSR count). The van der Waals surface area contributed by atoms with Crippen LogP contribution in [0.1, 0.15) is 0 Å². The maximum atomic E-state index is 11.9. The molecule has 2 heterocycles. The second kappa shape index (κ2) is 4.38. The van der Waals surface area contributed by atoms with Crippen LogP contribution in [0.15, 0.2) is 57.9 Å². The Kier molecular flexibility index (Phi) is 2.72. The fraction of sp³-hybridized carbons (Fsp3) is 0. The summed E-state index contributed by atoms with van der Waals surface area (Å²) in [5.74, 6) is 0. The zero-order valence-electron chi connectivity index (χ0n) is 9.35. The molecule has 0 spiro atoms. The van der Waals surface area contributed by atoms with Gasteiger partial charge < -0.3 is 4.98 Å². The molecule has 0 fully saturated rings. The molecule has 4 heteroatoms. The van der Waals surface area contributed by atoms with E-state index in [1.54, 1.807) is 18.3 Å². The topological polar surface area (TPSA) is 45.8 Å². The molecule has 2 aliphatic rings. The van der Waals surface area contributed by atoms with E-state index < -0.39 is 0 Å². The third-order valence-corrected chi connectivity index (χ3v) is 3.29. The maximum absolute atomic E-state index is 11.9. The second-order valence-electron chi connectivity index (χ2n) is 3.95. The average Bonchev–Trinajstić information content (AvgIpc) is 2.39. The van der Waals surface area contributed by atoms with Crippen LogP contribution in [-0.2, 0) is 0 Å². The third-order valence-electron chi connectivity index (χ3n) is 2.76. The van der Waals surface area contributed by atoms with E-state index >= 15 is 0 Å². The largest absolute Gasteiger partial charge is 0.361 e. The number of hydrogen-bond donors (Lipinski definition) is 1. The van der Waals surface area contributed by atoms with E-state index in [1.165, 1.54) is 0 Å². The molecule has 2 aliphatic heterocycles. The molecule has 18 heavy (non-hydrogen) atoms. The Labute approximate surface area is 112 Å². The van der Waals surface area contributed by atoms with Gasteiger partial charge in [0.25, 0.3) is 5.56 Å². The molecule has 0 saturated heterocycles. The molecular weight excluding hydrogens is 292 g/mol. The van der Waals surface area contributed by atoms with Crippen molar-refractivity contribution in [3.63, 3.8) is 0 Å². The first kappa shape index (κ1) is 11.2. The summed E-state index contributed by atoms with van der Waals surface area (Å²) >= 11 is 3.38. The van der Waals surface area contributed by atoms with E-state index in [2.05, 4.69) is 25.9 Å². The number of benzene rings is 1. The van der Waals surface area contributed by atoms with Crippen LogP contribution in [0.3, 0.4) is 0 Å². The summed E-state index contributed by atoms with van der Waals surface area (Å²) in [5, 5.41) is 0. The monoisotopic (exact) mass is 300 g/mol. The van der Waals surface area contributed by atoms with Crippen LogP contribution in [0.5, 0.6) is 0 Å². The van der Waals surface area contributed by atoms with Crippen molar-refractivity contribution in [1.29, 1.82) is 0 Å². The second-order valence-corrected chi connectivity index (χ2v) is 4.87. The predicted molar refractivity (Wildman–Crippen MR) is 74.6 cm³/mol. The van der Waals surface area contributed by atoms with Crippen molar-refractivity contribution in [3.8, 4) is 22.5 Å². The van der Waals surface area contributed by atoms with Gasteiger partial charge in [-0.05, 0) is 30.3 Å². The highest BCUT2D eigenvalue weighted by atomic mass is 79.9. The van der Waals surface area contributed by atoms with Crippen LogP contribution in [0.4, 0.5) is 0 Å². The molecule has 0 amide bonds. The number of nitrogens with zero attached hydrogens (tertiary/aromatic N) is 1. The Hall–Kier alpha value is -1.94. The third kappa shape index (κ3) is 1.95. The number of fused-ring (bicyclic) bond motifs is 1. The van der Waals surface area contributed by atoms with E-state index in [9.17, 15) is 4.79 Å². The fourth-order valence-corrected chi connectivity index (χ4v) is 2.13. The number of halogens is 1. The minimum atomic E-state index is -0.206. The number of aromatic amines is 1. The van der Waals surface area contributed by atoms with E-state index in [-0.39, 0.29) is 5.56 Å². The van der Waals surface area contributed by atoms with Gasteiger partial charge in [0.2, 0.25) is 0 Å². The van der Waals surface area contributed by atoms with Crippen LogP contribution in [0.25, 0.3) is 22.5 Å². The molecular formula is C14H9BrN2O. The summed E-state index contributed by atoms with van der Waals surface area (Å²) in [6.45, 7) is 0. The first-order valence-electron chi connectivity index (χ1n) is 5.48. The van der Waals surface area contributed by atoms with Crippen molar-refractivity contribution < 1.29 is 0 Å². The fourth-order valence-electron chi connectivity index (χ4n) is 1.86. The Bertz CT molecular complexity index is 719. The molecule has 1 N–H and O–H groups in total. The van der Waals surface area contributed by atoms with Crippen LogP contribution in [-0.4, -0.2) is 9.97 Å². The average molecular weight is 301 g/mol. The van der Waals surface area contributed by atoms with Gasteiger partial charge in [-0.2, -0.15) is 0 Å². The van der Waals surface area contributed by atoms with E-state index in [4.69, 9.17) is 0 Å². The molecule has 1 aromatic carbocycles. The lowest BCUT2D eigenvalue weighted by Gasteiger charge is -2.06. The molecule has 0 aromatic heterocycles. The van der Waals surface area contributed by atoms with Crippen molar-refractivity contribution in [2.45, 2.75) is 0 Å². The summed E-state index contributed by atoms with van der Waals surface area (Å²) in [4.78, 5) is 19.1. The number of hydrogen-bond acceptors (Lipinski definition) is 2. The van der Waals surface area contributed by atoms with E-state index in [0.717, 1.165) is 15.7 Å². The van der Waals surface area contributed by atoms with Crippen molar-refractivity contribution in [3.05, 3.63) is 63.5 Å². The number of H-pyrrole nitrogens is 1. The lowest BCUT2D eigenvalue weighted by molar-refractivity contribution is 1.19. The maximum Gasteiger partial charge on any atom is 0.279 e. The van der Waals surface area contributed by atoms with Crippen molar-refractivity contribution >= 4 is 15.9 Å². The van der Waals surface area contributed by atoms with E-state index in [1.807, 2.05) is 30.3 Å². The van der Waals surface area contributed by atoms with Gasteiger partial charge in [0.15, 0.2) is 0 Å². The molecule has 0 saturated carbocycles. The molecule has 1 aromatic rings. The summed E-state index contributed by atoms with van der Waals surface area (Å²) in [7, 11) is 0. The standard InChI is InChI=1S/C14H9BrN2O/c15-10-5-3-9(4-6-10)12-8-13-11(14(18)17-12)2-1-7-16-13/h1-8,16H. The molecule has 0 unspecified atom stereocenters. The molecule has 0 atom stereocenters. The van der Waals surface area contributed by atoms with Gasteiger partial charge in [-0.1, -0.05) is 28.1 Å². The lowest BCUT2D eigenvalue weighted by atomic mass is 10.1. The Balaban J connectivity index is 2.22. The first-order valence-corrected chi connectivity index (χ1v) is 6.28. The summed E-state index contributed by atoms with van der Waals surface area (Å²) in [6, 6.07) is 13.2. The zero-order valence-corrected chi connectivity index (χ0v) is 10.9. The molecule has 0 radical (unpaired) electrons. The minimum absolute atomic E-state index is 0.206. The summed E-state index contributed by atoms with van der Waals surface area (Å²) < 4.78 is 1.00. The number of nitrogens with one attached hydrogen (secondary N) is 1. The Morgan fingerprint density at radius 3 is 2.67 bits per heavy atom. The Morgan fingerprint density at radius 2 is 1.89 bits per heavy atom. The van der Waals surface area contributed by atoms with Gasteiger partial charge in [0, 0.05) is 16.2 Å². The Morgan fingerprint density at radius 1 is 1.11 bits per heavy atom. The predicted octanol–water partition coefficient (Wildman–Crippen LogP) is 3.30. The number of rotatable bonds is 1. The first-order chi connectivity index (χ1) is 8.74. The highest BCUT2D eigenvalue weighted by Crippen LogP contribution is 2.23. The molecule has 0 bridgehead atoms. The summed E-state index contributed by atoms with van der Waals surface area (Å²) in [6.07, 6.45) is 1.80. The van der Waals surface area contributed by atoms with Crippen LogP contribution in [0, 0.1) is 0 Å². The van der Waals surface area contributed by atoms with Crippen molar-refractivity contribution in [2.24, 2.45) is 0 Å². The van der Waals surface area contributed by atoms with Gasteiger partial charge in [0.05, 0.1) is 17.0 Å². The van der Waals surface area contributed by atoms with Crippen LogP contribution < -0.4 is 5.56 Å². The van der Waals surface area contributed by atoms with Gasteiger partial charge in [-0.3, -0.25) is 4.79 Å². The smallest absolute Gasteiger partial charge is 0.279 e. The van der Waals surface area contributed by atoms with Crippen LogP contribution in [0.2, 0.25) is 0 Å². The molecule has 0 aliphatic carbocycles. The van der Waals surface area contributed by atoms with Gasteiger partial charge in [-0.25, -0.2) is 4.98 Å². The molecule has 3 nitrogen and oxygen atoms in total.